The molecule has 100 valence electrons. The Balaban J connectivity index is 1.80. The van der Waals surface area contributed by atoms with Crippen molar-refractivity contribution in [2.75, 3.05) is 0 Å². The topological polar surface area (TPSA) is 39.2 Å². The van der Waals surface area contributed by atoms with Crippen molar-refractivity contribution in [3.8, 4) is 5.75 Å². The van der Waals surface area contributed by atoms with Crippen molar-refractivity contribution in [2.45, 2.75) is 6.61 Å². The molecule has 20 heavy (non-hydrogen) atoms. The summed E-state index contributed by atoms with van der Waals surface area (Å²) in [5.74, 6) is 0.517. The van der Waals surface area contributed by atoms with Gasteiger partial charge < -0.3 is 4.74 Å². The van der Waals surface area contributed by atoms with E-state index < -0.39 is 0 Å². The van der Waals surface area contributed by atoms with Gasteiger partial charge >= 0.3 is 0 Å². The molecule has 0 amide bonds. The number of ether oxygens (including phenoxy) is 1. The van der Waals surface area contributed by atoms with Gasteiger partial charge in [0.25, 0.3) is 0 Å². The third-order valence-corrected chi connectivity index (χ3v) is 4.03. The molecule has 0 saturated heterocycles. The lowest BCUT2D eigenvalue weighted by molar-refractivity contribution is 0.111. The summed E-state index contributed by atoms with van der Waals surface area (Å²) in [6.45, 7) is 0.335. The van der Waals surface area contributed by atoms with E-state index in [2.05, 4.69) is 4.98 Å². The quantitative estimate of drug-likeness (QED) is 0.673. The van der Waals surface area contributed by atoms with Crippen molar-refractivity contribution >= 4 is 39.4 Å². The van der Waals surface area contributed by atoms with Gasteiger partial charge in [-0.05, 0) is 30.3 Å². The Morgan fingerprint density at radius 1 is 1.25 bits per heavy atom. The van der Waals surface area contributed by atoms with E-state index in [0.29, 0.717) is 22.9 Å². The van der Waals surface area contributed by atoms with Gasteiger partial charge in [-0.3, -0.25) is 4.79 Å². The summed E-state index contributed by atoms with van der Waals surface area (Å²) in [7, 11) is 0. The summed E-state index contributed by atoms with van der Waals surface area (Å²) in [5, 5.41) is 1.39. The molecule has 0 radical (unpaired) electrons. The Bertz CT molecular complexity index is 736. The van der Waals surface area contributed by atoms with E-state index in [1.54, 1.807) is 29.5 Å². The zero-order valence-electron chi connectivity index (χ0n) is 10.4. The first-order chi connectivity index (χ1) is 9.76. The number of carbonyl (C=O) groups excluding carboxylic acids is 1. The Morgan fingerprint density at radius 2 is 2.10 bits per heavy atom. The number of benzene rings is 2. The van der Waals surface area contributed by atoms with Crippen LogP contribution in [0.3, 0.4) is 0 Å². The monoisotopic (exact) mass is 303 g/mol. The number of thiazole rings is 1. The van der Waals surface area contributed by atoms with Crippen LogP contribution in [-0.4, -0.2) is 11.3 Å². The molecule has 0 fully saturated rings. The summed E-state index contributed by atoms with van der Waals surface area (Å²) in [5.41, 5.74) is 1.40. The summed E-state index contributed by atoms with van der Waals surface area (Å²) in [4.78, 5) is 15.5. The highest BCUT2D eigenvalue weighted by Gasteiger charge is 2.07. The lowest BCUT2D eigenvalue weighted by Crippen LogP contribution is -1.97. The summed E-state index contributed by atoms with van der Waals surface area (Å²) >= 11 is 7.42. The van der Waals surface area contributed by atoms with Crippen LogP contribution in [0.15, 0.2) is 42.5 Å². The maximum absolute atomic E-state index is 11.0. The van der Waals surface area contributed by atoms with Gasteiger partial charge in [0.2, 0.25) is 0 Å². The molecule has 0 aliphatic heterocycles. The largest absolute Gasteiger partial charge is 0.486 e. The van der Waals surface area contributed by atoms with Crippen molar-refractivity contribution in [3.63, 3.8) is 0 Å². The molecule has 0 aliphatic rings. The van der Waals surface area contributed by atoms with Gasteiger partial charge in [0.05, 0.1) is 15.8 Å². The molecule has 0 saturated carbocycles. The summed E-state index contributed by atoms with van der Waals surface area (Å²) in [6, 6.07) is 12.9. The minimum Gasteiger partial charge on any atom is -0.486 e. The normalized spacial score (nSPS) is 10.7. The fraction of sp³-hybridized carbons (Fsp3) is 0.0667. The van der Waals surface area contributed by atoms with E-state index in [-0.39, 0.29) is 0 Å². The number of halogens is 1. The van der Waals surface area contributed by atoms with Crippen molar-refractivity contribution < 1.29 is 9.53 Å². The molecule has 2 aromatic carbocycles. The highest BCUT2D eigenvalue weighted by Crippen LogP contribution is 2.25. The van der Waals surface area contributed by atoms with Gasteiger partial charge in [-0.1, -0.05) is 23.7 Å². The number of rotatable bonds is 4. The first-order valence-corrected chi connectivity index (χ1v) is 7.18. The summed E-state index contributed by atoms with van der Waals surface area (Å²) in [6.07, 6.45) is 0.736. The minimum atomic E-state index is 0.335. The molecular weight excluding hydrogens is 294 g/mol. The number of aromatic nitrogens is 1. The second-order valence-corrected chi connectivity index (χ2v) is 5.72. The fourth-order valence-electron chi connectivity index (χ4n) is 1.86. The van der Waals surface area contributed by atoms with Crippen LogP contribution in [-0.2, 0) is 6.61 Å². The van der Waals surface area contributed by atoms with Crippen molar-refractivity contribution in [1.82, 2.24) is 4.98 Å². The molecule has 5 heteroatoms. The van der Waals surface area contributed by atoms with E-state index in [0.717, 1.165) is 21.5 Å². The van der Waals surface area contributed by atoms with E-state index in [9.17, 15) is 4.79 Å². The predicted octanol–water partition coefficient (Wildman–Crippen LogP) is 4.34. The molecule has 3 aromatic rings. The molecule has 1 heterocycles. The maximum atomic E-state index is 11.0. The van der Waals surface area contributed by atoms with Crippen molar-refractivity contribution in [2.24, 2.45) is 0 Å². The van der Waals surface area contributed by atoms with Gasteiger partial charge in [-0.15, -0.1) is 11.3 Å². The van der Waals surface area contributed by atoms with E-state index in [4.69, 9.17) is 16.3 Å². The fourth-order valence-corrected chi connectivity index (χ4v) is 2.93. The number of carbonyl (C=O) groups is 1. The van der Waals surface area contributed by atoms with Crippen LogP contribution in [0.25, 0.3) is 10.2 Å². The van der Waals surface area contributed by atoms with Gasteiger partial charge in [-0.25, -0.2) is 4.98 Å². The van der Waals surface area contributed by atoms with Gasteiger partial charge in [0.15, 0.2) is 6.29 Å². The smallest absolute Gasteiger partial charge is 0.153 e. The zero-order chi connectivity index (χ0) is 13.9. The lowest BCUT2D eigenvalue weighted by Gasteiger charge is -2.06. The van der Waals surface area contributed by atoms with Gasteiger partial charge in [0, 0.05) is 5.02 Å². The standard InChI is InChI=1S/C15H10ClNO2S/c16-11-5-6-13(10(7-11)8-18)19-9-15-17-12-3-1-2-4-14(12)20-15/h1-8H,9H2. The third-order valence-electron chi connectivity index (χ3n) is 2.79. The van der Waals surface area contributed by atoms with E-state index in [1.807, 2.05) is 24.3 Å². The maximum Gasteiger partial charge on any atom is 0.153 e. The molecule has 1 aromatic heterocycles. The number of para-hydroxylation sites is 1. The van der Waals surface area contributed by atoms with Crippen LogP contribution in [0.2, 0.25) is 5.02 Å². The number of hydrogen-bond donors (Lipinski definition) is 0. The Hall–Kier alpha value is -1.91. The van der Waals surface area contributed by atoms with Crippen LogP contribution < -0.4 is 4.74 Å². The molecule has 0 N–H and O–H groups in total. The lowest BCUT2D eigenvalue weighted by atomic mass is 10.2. The van der Waals surface area contributed by atoms with Crippen LogP contribution in [0.4, 0.5) is 0 Å². The summed E-state index contributed by atoms with van der Waals surface area (Å²) < 4.78 is 6.78. The molecule has 3 nitrogen and oxygen atoms in total. The molecule has 0 atom stereocenters. The zero-order valence-corrected chi connectivity index (χ0v) is 11.9. The minimum absolute atomic E-state index is 0.335. The van der Waals surface area contributed by atoms with E-state index in [1.165, 1.54) is 0 Å². The van der Waals surface area contributed by atoms with Crippen molar-refractivity contribution in [3.05, 3.63) is 58.1 Å². The average Bonchev–Trinajstić information content (AvgIpc) is 2.88. The van der Waals surface area contributed by atoms with Gasteiger partial charge in [0.1, 0.15) is 17.4 Å². The Labute approximate surface area is 124 Å². The molecule has 0 aliphatic carbocycles. The molecule has 3 rings (SSSR count). The molecule has 0 bridgehead atoms. The molecular formula is C15H10ClNO2S. The first-order valence-electron chi connectivity index (χ1n) is 5.98. The second kappa shape index (κ2) is 5.61. The number of hydrogen-bond acceptors (Lipinski definition) is 4. The highest BCUT2D eigenvalue weighted by atomic mass is 35.5. The molecule has 0 unspecified atom stereocenters. The third kappa shape index (κ3) is 2.66. The second-order valence-electron chi connectivity index (χ2n) is 4.16. The van der Waals surface area contributed by atoms with Crippen LogP contribution in [0, 0.1) is 0 Å². The first kappa shape index (κ1) is 13.1. The van der Waals surface area contributed by atoms with Crippen molar-refractivity contribution in [1.29, 1.82) is 0 Å². The number of nitrogens with zero attached hydrogens (tertiary/aromatic N) is 1. The Morgan fingerprint density at radius 3 is 2.90 bits per heavy atom. The van der Waals surface area contributed by atoms with Gasteiger partial charge in [-0.2, -0.15) is 0 Å². The SMILES string of the molecule is O=Cc1cc(Cl)ccc1OCc1nc2ccccc2s1. The van der Waals surface area contributed by atoms with Crippen LogP contribution >= 0.6 is 22.9 Å². The number of fused-ring (bicyclic) bond motifs is 1. The Kier molecular flexibility index (Phi) is 3.67. The van der Waals surface area contributed by atoms with E-state index >= 15 is 0 Å². The van der Waals surface area contributed by atoms with Crippen LogP contribution in [0.5, 0.6) is 5.75 Å². The number of aldehydes is 1. The highest BCUT2D eigenvalue weighted by molar-refractivity contribution is 7.18. The predicted molar refractivity (Wildman–Crippen MR) is 80.8 cm³/mol. The van der Waals surface area contributed by atoms with Crippen LogP contribution in [0.1, 0.15) is 15.4 Å². The molecule has 0 spiro atoms. The average molecular weight is 304 g/mol.